The molecule has 1 heterocycles. The van der Waals surface area contributed by atoms with E-state index >= 15 is 0 Å². The zero-order valence-corrected chi connectivity index (χ0v) is 18.2. The number of carbonyl (C=O) groups is 2. The molecule has 158 valence electrons. The molecule has 0 aromatic carbocycles. The van der Waals surface area contributed by atoms with Crippen LogP contribution in [0.4, 0.5) is 0 Å². The van der Waals surface area contributed by atoms with Gasteiger partial charge in [-0.3, -0.25) is 4.79 Å². The summed E-state index contributed by atoms with van der Waals surface area (Å²) in [4.78, 5) is 25.4. The van der Waals surface area contributed by atoms with E-state index in [1.54, 1.807) is 11.5 Å². The summed E-state index contributed by atoms with van der Waals surface area (Å²) in [5, 5.41) is 3.28. The van der Waals surface area contributed by atoms with Crippen molar-refractivity contribution in [2.45, 2.75) is 97.4 Å². The van der Waals surface area contributed by atoms with Gasteiger partial charge in [-0.15, -0.1) is 0 Å². The Morgan fingerprint density at radius 3 is 1.96 bits per heavy atom. The first-order valence-corrected chi connectivity index (χ1v) is 11.1. The van der Waals surface area contributed by atoms with Gasteiger partial charge in [0.2, 0.25) is 0 Å². The molecule has 5 heteroatoms. The van der Waals surface area contributed by atoms with E-state index in [1.165, 1.54) is 57.8 Å². The number of carbonyl (C=O) groups excluding carboxylic acids is 2. The van der Waals surface area contributed by atoms with E-state index in [9.17, 15) is 9.59 Å². The van der Waals surface area contributed by atoms with Gasteiger partial charge in [0.25, 0.3) is 5.91 Å². The van der Waals surface area contributed by atoms with Crippen LogP contribution in [0.1, 0.15) is 110 Å². The second-order valence-corrected chi connectivity index (χ2v) is 8.14. The fourth-order valence-electron chi connectivity index (χ4n) is 4.37. The summed E-state index contributed by atoms with van der Waals surface area (Å²) in [6.45, 7) is 5.85. The van der Waals surface area contributed by atoms with Crippen molar-refractivity contribution in [2.24, 2.45) is 7.05 Å². The monoisotopic (exact) mass is 390 g/mol. The quantitative estimate of drug-likeness (QED) is 0.717. The van der Waals surface area contributed by atoms with Gasteiger partial charge in [0.15, 0.2) is 0 Å². The Morgan fingerprint density at radius 1 is 0.964 bits per heavy atom. The molecule has 5 nitrogen and oxygen atoms in total. The molecule has 2 rings (SSSR count). The van der Waals surface area contributed by atoms with Gasteiger partial charge in [-0.2, -0.15) is 0 Å². The Kier molecular flexibility index (Phi) is 9.07. The molecule has 0 unspecified atom stereocenters. The standard InChI is InChI=1S/C23H38N2O3/c1-5-28-23(27)21-17(2)20(18(3)25(21)4)22(26)24-19-15-13-11-9-7-6-8-10-12-14-16-19/h19H,5-16H2,1-4H3,(H,24,26). The topological polar surface area (TPSA) is 60.3 Å². The smallest absolute Gasteiger partial charge is 0.355 e. The summed E-state index contributed by atoms with van der Waals surface area (Å²) in [7, 11) is 1.82. The number of nitrogens with one attached hydrogen (secondary N) is 1. The third kappa shape index (κ3) is 5.86. The van der Waals surface area contributed by atoms with Gasteiger partial charge in [0.1, 0.15) is 5.69 Å². The first-order chi connectivity index (χ1) is 13.5. The highest BCUT2D eigenvalue weighted by molar-refractivity contribution is 6.01. The first kappa shape index (κ1) is 22.5. The van der Waals surface area contributed by atoms with Crippen LogP contribution in [0.15, 0.2) is 0 Å². The maximum atomic E-state index is 13.1. The largest absolute Gasteiger partial charge is 0.461 e. The number of ether oxygens (including phenoxy) is 1. The van der Waals surface area contributed by atoms with Crippen LogP contribution in [0.25, 0.3) is 0 Å². The van der Waals surface area contributed by atoms with Crippen LogP contribution in [0.2, 0.25) is 0 Å². The molecule has 0 saturated heterocycles. The summed E-state index contributed by atoms with van der Waals surface area (Å²) in [6.07, 6.45) is 13.6. The van der Waals surface area contributed by atoms with E-state index < -0.39 is 0 Å². The summed E-state index contributed by atoms with van der Waals surface area (Å²) >= 11 is 0. The van der Waals surface area contributed by atoms with Crippen LogP contribution < -0.4 is 5.32 Å². The third-order valence-electron chi connectivity index (χ3n) is 6.07. The number of hydrogen-bond donors (Lipinski definition) is 1. The van der Waals surface area contributed by atoms with E-state index in [-0.39, 0.29) is 17.9 Å². The third-order valence-corrected chi connectivity index (χ3v) is 6.07. The van der Waals surface area contributed by atoms with Gasteiger partial charge < -0.3 is 14.6 Å². The maximum absolute atomic E-state index is 13.1. The molecule has 1 aliphatic carbocycles. The van der Waals surface area contributed by atoms with Crippen molar-refractivity contribution in [2.75, 3.05) is 6.61 Å². The minimum Gasteiger partial charge on any atom is -0.461 e. The Labute approximate surface area is 170 Å². The van der Waals surface area contributed by atoms with Crippen LogP contribution >= 0.6 is 0 Å². The number of aromatic nitrogens is 1. The highest BCUT2D eigenvalue weighted by Gasteiger charge is 2.26. The van der Waals surface area contributed by atoms with Crippen LogP contribution in [0, 0.1) is 13.8 Å². The molecule has 0 bridgehead atoms. The first-order valence-electron chi connectivity index (χ1n) is 11.1. The lowest BCUT2D eigenvalue weighted by atomic mass is 9.97. The van der Waals surface area contributed by atoms with Crippen LogP contribution in [-0.4, -0.2) is 29.1 Å². The van der Waals surface area contributed by atoms with Crippen LogP contribution in [0.5, 0.6) is 0 Å². The normalized spacial score (nSPS) is 17.4. The van der Waals surface area contributed by atoms with Gasteiger partial charge in [-0.05, 0) is 39.2 Å². The van der Waals surface area contributed by atoms with Gasteiger partial charge in [-0.1, -0.05) is 57.8 Å². The van der Waals surface area contributed by atoms with Crippen molar-refractivity contribution in [1.82, 2.24) is 9.88 Å². The molecular formula is C23H38N2O3. The van der Waals surface area contributed by atoms with Crippen molar-refractivity contribution in [3.8, 4) is 0 Å². The molecule has 1 aliphatic rings. The van der Waals surface area contributed by atoms with Crippen molar-refractivity contribution in [3.05, 3.63) is 22.5 Å². The molecule has 1 aromatic heterocycles. The SMILES string of the molecule is CCOC(=O)c1c(C)c(C(=O)NC2CCCCCCCCCCC2)c(C)n1C. The summed E-state index contributed by atoms with van der Waals surface area (Å²) < 4.78 is 6.96. The van der Waals surface area contributed by atoms with E-state index in [0.29, 0.717) is 23.4 Å². The van der Waals surface area contributed by atoms with Gasteiger partial charge >= 0.3 is 5.97 Å². The highest BCUT2D eigenvalue weighted by Crippen LogP contribution is 2.23. The van der Waals surface area contributed by atoms with Crippen LogP contribution in [0.3, 0.4) is 0 Å². The molecule has 1 saturated carbocycles. The number of nitrogens with zero attached hydrogens (tertiary/aromatic N) is 1. The van der Waals surface area contributed by atoms with Crippen molar-refractivity contribution < 1.29 is 14.3 Å². The molecule has 1 aromatic rings. The van der Waals surface area contributed by atoms with Crippen molar-refractivity contribution in [1.29, 1.82) is 0 Å². The minimum absolute atomic E-state index is 0.0572. The molecule has 0 spiro atoms. The molecule has 1 fully saturated rings. The van der Waals surface area contributed by atoms with Gasteiger partial charge in [-0.25, -0.2) is 4.79 Å². The number of hydrogen-bond acceptors (Lipinski definition) is 3. The zero-order chi connectivity index (χ0) is 20.5. The molecule has 0 radical (unpaired) electrons. The van der Waals surface area contributed by atoms with E-state index in [1.807, 2.05) is 20.9 Å². The van der Waals surface area contributed by atoms with Gasteiger partial charge in [0, 0.05) is 18.8 Å². The van der Waals surface area contributed by atoms with Gasteiger partial charge in [0.05, 0.1) is 12.2 Å². The Morgan fingerprint density at radius 2 is 1.46 bits per heavy atom. The Bertz CT molecular complexity index is 651. The zero-order valence-electron chi connectivity index (χ0n) is 18.2. The number of rotatable bonds is 4. The predicted octanol–water partition coefficient (Wildman–Crippen LogP) is 5.22. The Balaban J connectivity index is 2.11. The second kappa shape index (κ2) is 11.3. The lowest BCUT2D eigenvalue weighted by Crippen LogP contribution is -2.35. The van der Waals surface area contributed by atoms with E-state index in [4.69, 9.17) is 4.74 Å². The molecule has 1 N–H and O–H groups in total. The molecular weight excluding hydrogens is 352 g/mol. The second-order valence-electron chi connectivity index (χ2n) is 8.14. The summed E-state index contributed by atoms with van der Waals surface area (Å²) in [5.41, 5.74) is 2.62. The number of amides is 1. The highest BCUT2D eigenvalue weighted by atomic mass is 16.5. The van der Waals surface area contributed by atoms with E-state index in [2.05, 4.69) is 5.32 Å². The Hall–Kier alpha value is -1.78. The fourth-order valence-corrected chi connectivity index (χ4v) is 4.37. The van der Waals surface area contributed by atoms with E-state index in [0.717, 1.165) is 18.5 Å². The molecule has 0 atom stereocenters. The lowest BCUT2D eigenvalue weighted by Gasteiger charge is -2.20. The molecule has 0 aliphatic heterocycles. The number of esters is 1. The van der Waals surface area contributed by atoms with Crippen molar-refractivity contribution >= 4 is 11.9 Å². The molecule has 1 amide bonds. The maximum Gasteiger partial charge on any atom is 0.355 e. The molecule has 28 heavy (non-hydrogen) atoms. The van der Waals surface area contributed by atoms with Crippen LogP contribution in [-0.2, 0) is 11.8 Å². The predicted molar refractivity (Wildman–Crippen MR) is 113 cm³/mol. The average molecular weight is 391 g/mol. The minimum atomic E-state index is -0.365. The lowest BCUT2D eigenvalue weighted by molar-refractivity contribution is 0.0514. The van der Waals surface area contributed by atoms with Crippen molar-refractivity contribution in [3.63, 3.8) is 0 Å². The fraction of sp³-hybridized carbons (Fsp3) is 0.739. The summed E-state index contributed by atoms with van der Waals surface area (Å²) in [5.74, 6) is -0.422. The summed E-state index contributed by atoms with van der Waals surface area (Å²) in [6, 6.07) is 0.219. The average Bonchev–Trinajstić information content (AvgIpc) is 2.86.